The lowest BCUT2D eigenvalue weighted by Crippen LogP contribution is -1.69. The Hall–Kier alpha value is -1.04. The molecule has 0 N–H and O–H groups in total. The molecule has 0 saturated carbocycles. The van der Waals surface area contributed by atoms with E-state index in [0.29, 0.717) is 0 Å². The molecule has 0 unspecified atom stereocenters. The lowest BCUT2D eigenvalue weighted by Gasteiger charge is -1.87. The van der Waals surface area contributed by atoms with Gasteiger partial charge in [0.1, 0.15) is 0 Å². The smallest absolute Gasteiger partial charge is 0.0149 e. The van der Waals surface area contributed by atoms with Gasteiger partial charge in [-0.05, 0) is 25.0 Å². The zero-order valence-corrected chi connectivity index (χ0v) is 5.88. The second-order valence-corrected chi connectivity index (χ2v) is 2.00. The van der Waals surface area contributed by atoms with Crippen LogP contribution in [0.2, 0.25) is 0 Å². The van der Waals surface area contributed by atoms with Crippen LogP contribution in [0.3, 0.4) is 0 Å². The van der Waals surface area contributed by atoms with Crippen molar-refractivity contribution >= 4 is 0 Å². The maximum absolute atomic E-state index is 3.68. The first-order valence-electron chi connectivity index (χ1n) is 3.36. The van der Waals surface area contributed by atoms with Crippen LogP contribution in [-0.4, -0.2) is 0 Å². The first-order valence-corrected chi connectivity index (χ1v) is 3.36. The molecule has 0 spiro atoms. The van der Waals surface area contributed by atoms with Gasteiger partial charge >= 0.3 is 0 Å². The first kappa shape index (κ1) is 7.07. The Balaban J connectivity index is 2.67. The number of hydrogen-bond donors (Lipinski definition) is 0. The molecule has 1 rings (SSSR count). The van der Waals surface area contributed by atoms with Gasteiger partial charge in [0.05, 0.1) is 0 Å². The van der Waals surface area contributed by atoms with Crippen LogP contribution in [0.5, 0.6) is 0 Å². The molecular weight excluding hydrogens is 120 g/mol. The van der Waals surface area contributed by atoms with Crippen molar-refractivity contribution < 1.29 is 0 Å². The molecular formula is C10H10. The van der Waals surface area contributed by atoms with Crippen molar-refractivity contribution in [1.82, 2.24) is 0 Å². The summed E-state index contributed by atoms with van der Waals surface area (Å²) in [6, 6.07) is 10.0. The molecule has 0 aliphatic heterocycles. The second-order valence-electron chi connectivity index (χ2n) is 2.00. The summed E-state index contributed by atoms with van der Waals surface area (Å²) in [5, 5.41) is 0. The third-order valence-corrected chi connectivity index (χ3v) is 1.19. The van der Waals surface area contributed by atoms with Crippen molar-refractivity contribution in [1.29, 1.82) is 0 Å². The van der Waals surface area contributed by atoms with Gasteiger partial charge in [-0.15, -0.1) is 0 Å². The van der Waals surface area contributed by atoms with Crippen LogP contribution in [-0.2, 0) is 0 Å². The fraction of sp³-hybridized carbons (Fsp3) is 0.100. The summed E-state index contributed by atoms with van der Waals surface area (Å²) < 4.78 is 0. The summed E-state index contributed by atoms with van der Waals surface area (Å²) >= 11 is 0. The van der Waals surface area contributed by atoms with Crippen LogP contribution in [0.25, 0.3) is 0 Å². The molecule has 0 heterocycles. The minimum absolute atomic E-state index is 0.800. The Morgan fingerprint density at radius 2 is 2.00 bits per heavy atom. The normalized spacial score (nSPS) is 10.5. The average Bonchev–Trinajstić information content (AvgIpc) is 2.03. The van der Waals surface area contributed by atoms with Gasteiger partial charge in [-0.25, -0.2) is 0 Å². The number of benzene rings is 1. The van der Waals surface area contributed by atoms with E-state index in [1.165, 1.54) is 0 Å². The molecule has 0 bridgehead atoms. The van der Waals surface area contributed by atoms with Crippen molar-refractivity contribution in [2.45, 2.75) is 6.42 Å². The Morgan fingerprint density at radius 1 is 1.30 bits per heavy atom. The second kappa shape index (κ2) is 3.89. The number of allylic oxidation sites excluding steroid dienone is 1. The fourth-order valence-electron chi connectivity index (χ4n) is 0.724. The largest absolute Gasteiger partial charge is 0.0760 e. The van der Waals surface area contributed by atoms with Crippen LogP contribution in [0.4, 0.5) is 0 Å². The molecule has 2 radical (unpaired) electrons. The minimum atomic E-state index is 0.800. The van der Waals surface area contributed by atoms with Crippen LogP contribution in [0.1, 0.15) is 12.0 Å². The lowest BCUT2D eigenvalue weighted by molar-refractivity contribution is 1.37. The standard InChI is InChI=1S/C10H10/c1-2-3-7-10-8-5-4-6-9-10/h3-6,8-9H,1-2H2. The summed E-state index contributed by atoms with van der Waals surface area (Å²) in [7, 11) is 0. The van der Waals surface area contributed by atoms with E-state index in [2.05, 4.69) is 13.0 Å². The third-order valence-electron chi connectivity index (χ3n) is 1.19. The topological polar surface area (TPSA) is 0 Å². The summed E-state index contributed by atoms with van der Waals surface area (Å²) in [6.07, 6.45) is 5.83. The van der Waals surface area contributed by atoms with Crippen LogP contribution in [0, 0.1) is 13.0 Å². The summed E-state index contributed by atoms with van der Waals surface area (Å²) in [5.74, 6) is 0. The molecule has 0 aromatic heterocycles. The van der Waals surface area contributed by atoms with Crippen molar-refractivity contribution in [3.8, 4) is 0 Å². The van der Waals surface area contributed by atoms with E-state index in [0.717, 1.165) is 12.0 Å². The molecule has 1 aromatic rings. The van der Waals surface area contributed by atoms with Crippen molar-refractivity contribution in [3.05, 3.63) is 55.0 Å². The predicted molar refractivity (Wildman–Crippen MR) is 43.3 cm³/mol. The van der Waals surface area contributed by atoms with Crippen LogP contribution >= 0.6 is 0 Å². The van der Waals surface area contributed by atoms with Gasteiger partial charge in [0.2, 0.25) is 0 Å². The van der Waals surface area contributed by atoms with Crippen molar-refractivity contribution in [2.24, 2.45) is 0 Å². The van der Waals surface area contributed by atoms with Gasteiger partial charge in [0.15, 0.2) is 0 Å². The monoisotopic (exact) mass is 130 g/mol. The first-order chi connectivity index (χ1) is 4.93. The van der Waals surface area contributed by atoms with Gasteiger partial charge in [0, 0.05) is 0 Å². The molecule has 10 heavy (non-hydrogen) atoms. The summed E-state index contributed by atoms with van der Waals surface area (Å²) in [5.41, 5.74) is 1.12. The van der Waals surface area contributed by atoms with E-state index in [1.54, 1.807) is 0 Å². The lowest BCUT2D eigenvalue weighted by atomic mass is 10.2. The Labute approximate surface area is 62.2 Å². The molecule has 50 valence electrons. The summed E-state index contributed by atoms with van der Waals surface area (Å²) in [6.45, 7) is 3.68. The van der Waals surface area contributed by atoms with E-state index in [4.69, 9.17) is 0 Å². The zero-order valence-electron chi connectivity index (χ0n) is 5.88. The highest BCUT2D eigenvalue weighted by Crippen LogP contribution is 1.97. The van der Waals surface area contributed by atoms with E-state index in [9.17, 15) is 0 Å². The Morgan fingerprint density at radius 3 is 2.60 bits per heavy atom. The van der Waals surface area contributed by atoms with Crippen molar-refractivity contribution in [2.75, 3.05) is 0 Å². The average molecular weight is 130 g/mol. The molecule has 0 nitrogen and oxygen atoms in total. The van der Waals surface area contributed by atoms with Crippen molar-refractivity contribution in [3.63, 3.8) is 0 Å². The highest BCUT2D eigenvalue weighted by molar-refractivity contribution is 5.21. The van der Waals surface area contributed by atoms with E-state index in [1.807, 2.05) is 36.4 Å². The zero-order chi connectivity index (χ0) is 7.23. The molecule has 0 fully saturated rings. The minimum Gasteiger partial charge on any atom is -0.0760 e. The molecule has 0 atom stereocenters. The van der Waals surface area contributed by atoms with E-state index < -0.39 is 0 Å². The molecule has 0 saturated heterocycles. The number of hydrogen-bond acceptors (Lipinski definition) is 0. The maximum Gasteiger partial charge on any atom is -0.0149 e. The SMILES string of the molecule is [CH2]CC=[C]c1ccccc1. The molecule has 0 heteroatoms. The third kappa shape index (κ3) is 2.06. The van der Waals surface area contributed by atoms with Gasteiger partial charge in [-0.3, -0.25) is 0 Å². The van der Waals surface area contributed by atoms with E-state index in [-0.39, 0.29) is 0 Å². The van der Waals surface area contributed by atoms with E-state index >= 15 is 0 Å². The van der Waals surface area contributed by atoms with Crippen LogP contribution < -0.4 is 0 Å². The molecule has 0 aliphatic rings. The highest BCUT2D eigenvalue weighted by atomic mass is 13.8. The quantitative estimate of drug-likeness (QED) is 0.577. The predicted octanol–water partition coefficient (Wildman–Crippen LogP) is 2.62. The van der Waals surface area contributed by atoms with Gasteiger partial charge in [0.25, 0.3) is 0 Å². The number of rotatable bonds is 2. The van der Waals surface area contributed by atoms with Gasteiger partial charge < -0.3 is 0 Å². The fourth-order valence-corrected chi connectivity index (χ4v) is 0.724. The Kier molecular flexibility index (Phi) is 2.75. The highest BCUT2D eigenvalue weighted by Gasteiger charge is 1.80. The molecule has 0 aliphatic carbocycles. The summed E-state index contributed by atoms with van der Waals surface area (Å²) in [4.78, 5) is 0. The van der Waals surface area contributed by atoms with Gasteiger partial charge in [-0.1, -0.05) is 36.4 Å². The molecule has 1 aromatic carbocycles. The van der Waals surface area contributed by atoms with Gasteiger partial charge in [-0.2, -0.15) is 0 Å². The van der Waals surface area contributed by atoms with Crippen LogP contribution in [0.15, 0.2) is 36.4 Å². The Bertz CT molecular complexity index is 197. The molecule has 0 amide bonds. The maximum atomic E-state index is 3.68.